The quantitative estimate of drug-likeness (QED) is 0.783. The summed E-state index contributed by atoms with van der Waals surface area (Å²) in [5.74, 6) is 0.608. The fourth-order valence-electron chi connectivity index (χ4n) is 3.33. The van der Waals surface area contributed by atoms with E-state index < -0.39 is 0 Å². The van der Waals surface area contributed by atoms with Crippen molar-refractivity contribution < 1.29 is 9.36 Å². The van der Waals surface area contributed by atoms with Crippen molar-refractivity contribution in [2.45, 2.75) is 59.9 Å². The molecule has 0 bridgehead atoms. The molecule has 1 heterocycles. The Morgan fingerprint density at radius 1 is 1.04 bits per heavy atom. The van der Waals surface area contributed by atoms with Gasteiger partial charge in [0.25, 0.3) is 5.91 Å². The molecule has 2 aromatic rings. The molecule has 24 heavy (non-hydrogen) atoms. The van der Waals surface area contributed by atoms with Gasteiger partial charge in [0, 0.05) is 17.8 Å². The molecule has 0 fully saturated rings. The van der Waals surface area contributed by atoms with Crippen LogP contribution in [0, 0.1) is 20.8 Å². The maximum Gasteiger partial charge on any atom is 0.290 e. The summed E-state index contributed by atoms with van der Waals surface area (Å²) in [4.78, 5) is 12.4. The molecule has 0 aliphatic rings. The maximum absolute atomic E-state index is 12.4. The Morgan fingerprint density at radius 2 is 1.58 bits per heavy atom. The Kier molecular flexibility index (Phi) is 6.13. The van der Waals surface area contributed by atoms with Crippen LogP contribution in [0.2, 0.25) is 0 Å². The number of aryl methyl sites for hydroxylation is 3. The van der Waals surface area contributed by atoms with Crippen LogP contribution in [-0.4, -0.2) is 5.91 Å². The van der Waals surface area contributed by atoms with Gasteiger partial charge in [-0.05, 0) is 56.2 Å². The summed E-state index contributed by atoms with van der Waals surface area (Å²) >= 11 is 0. The average Bonchev–Trinajstić information content (AvgIpc) is 2.53. The molecule has 0 atom stereocenters. The lowest BCUT2D eigenvalue weighted by Crippen LogP contribution is -2.39. The molecule has 0 unspecified atom stereocenters. The van der Waals surface area contributed by atoms with Crippen LogP contribution in [0.5, 0.6) is 0 Å². The third kappa shape index (κ3) is 4.44. The van der Waals surface area contributed by atoms with Crippen molar-refractivity contribution in [3.05, 3.63) is 58.9 Å². The number of aromatic nitrogens is 1. The summed E-state index contributed by atoms with van der Waals surface area (Å²) in [6.45, 7) is 10.9. The van der Waals surface area contributed by atoms with Crippen molar-refractivity contribution in [1.82, 2.24) is 0 Å². The minimum absolute atomic E-state index is 0.00494. The highest BCUT2D eigenvalue weighted by atomic mass is 16.1. The molecule has 1 N–H and O–H groups in total. The molecule has 3 nitrogen and oxygen atoms in total. The van der Waals surface area contributed by atoms with E-state index in [9.17, 15) is 4.79 Å². The van der Waals surface area contributed by atoms with Gasteiger partial charge in [-0.3, -0.25) is 4.79 Å². The molecule has 0 radical (unpaired) electrons. The molecule has 0 aliphatic heterocycles. The first-order valence-corrected chi connectivity index (χ1v) is 8.81. The molecule has 0 spiro atoms. The fraction of sp³-hybridized carbons (Fsp3) is 0.429. The van der Waals surface area contributed by atoms with Gasteiger partial charge in [-0.2, -0.15) is 4.57 Å². The van der Waals surface area contributed by atoms with Crippen molar-refractivity contribution in [1.29, 1.82) is 0 Å². The average molecular weight is 325 g/mol. The number of nitrogens with one attached hydrogen (secondary N) is 1. The van der Waals surface area contributed by atoms with Crippen LogP contribution in [0.4, 0.5) is 5.69 Å². The monoisotopic (exact) mass is 325 g/mol. The van der Waals surface area contributed by atoms with Crippen LogP contribution in [-0.2, 0) is 11.3 Å². The highest BCUT2D eigenvalue weighted by Crippen LogP contribution is 2.22. The van der Waals surface area contributed by atoms with E-state index in [1.54, 1.807) is 0 Å². The predicted octanol–water partition coefficient (Wildman–Crippen LogP) is 4.44. The first-order valence-electron chi connectivity index (χ1n) is 8.81. The van der Waals surface area contributed by atoms with E-state index in [1.807, 2.05) is 30.8 Å². The molecule has 0 aliphatic carbocycles. The number of pyridine rings is 1. The van der Waals surface area contributed by atoms with Crippen LogP contribution in [0.15, 0.2) is 36.7 Å². The molecule has 1 amide bonds. The number of rotatable bonds is 6. The number of carbonyl (C=O) groups excluding carboxylic acids is 1. The van der Waals surface area contributed by atoms with Crippen LogP contribution in [0.25, 0.3) is 0 Å². The van der Waals surface area contributed by atoms with E-state index in [0.717, 1.165) is 29.7 Å². The zero-order valence-corrected chi connectivity index (χ0v) is 15.5. The van der Waals surface area contributed by atoms with Gasteiger partial charge in [0.1, 0.15) is 0 Å². The molecule has 0 saturated carbocycles. The summed E-state index contributed by atoms with van der Waals surface area (Å²) in [6.07, 6.45) is 6.30. The van der Waals surface area contributed by atoms with Gasteiger partial charge in [-0.15, -0.1) is 0 Å². The van der Waals surface area contributed by atoms with Crippen molar-refractivity contribution in [2.75, 3.05) is 5.32 Å². The van der Waals surface area contributed by atoms with E-state index in [2.05, 4.69) is 50.4 Å². The fourth-order valence-corrected chi connectivity index (χ4v) is 3.33. The van der Waals surface area contributed by atoms with E-state index in [0.29, 0.717) is 12.5 Å². The summed E-state index contributed by atoms with van der Waals surface area (Å²) in [5, 5.41) is 3.05. The van der Waals surface area contributed by atoms with E-state index in [4.69, 9.17) is 0 Å². The molecule has 128 valence electrons. The minimum Gasteiger partial charge on any atom is -0.320 e. The third-order valence-corrected chi connectivity index (χ3v) is 4.64. The van der Waals surface area contributed by atoms with Gasteiger partial charge in [0.2, 0.25) is 6.54 Å². The Balaban J connectivity index is 2.05. The van der Waals surface area contributed by atoms with Crippen LogP contribution in [0.1, 0.15) is 54.9 Å². The number of hydrogen-bond donors (Lipinski definition) is 1. The van der Waals surface area contributed by atoms with Crippen molar-refractivity contribution >= 4 is 11.6 Å². The number of amides is 1. The van der Waals surface area contributed by atoms with E-state index in [-0.39, 0.29) is 5.91 Å². The standard InChI is InChI=1S/C21H28N2O/c1-6-18(7-2)19-8-10-23(11-9-19)14-20(24)22-21-16(4)12-15(3)13-17(21)5/h8-13,18H,6-7,14H2,1-5H3/p+1. The topological polar surface area (TPSA) is 33.0 Å². The SMILES string of the molecule is CCC(CC)c1cc[n+](CC(=O)Nc2c(C)cc(C)cc2C)cc1. The molecule has 1 aromatic carbocycles. The zero-order chi connectivity index (χ0) is 17.7. The first-order chi connectivity index (χ1) is 11.4. The largest absolute Gasteiger partial charge is 0.320 e. The van der Waals surface area contributed by atoms with Gasteiger partial charge >= 0.3 is 0 Å². The van der Waals surface area contributed by atoms with Crippen molar-refractivity contribution in [2.24, 2.45) is 0 Å². The summed E-state index contributed by atoms with van der Waals surface area (Å²) in [6, 6.07) is 8.46. The molecular formula is C21H29N2O+. The lowest BCUT2D eigenvalue weighted by atomic mass is 9.95. The lowest BCUT2D eigenvalue weighted by Gasteiger charge is -2.12. The normalized spacial score (nSPS) is 10.9. The van der Waals surface area contributed by atoms with Crippen LogP contribution >= 0.6 is 0 Å². The number of nitrogens with zero attached hydrogens (tertiary/aromatic N) is 1. The van der Waals surface area contributed by atoms with Gasteiger partial charge < -0.3 is 5.32 Å². The minimum atomic E-state index is 0.00494. The van der Waals surface area contributed by atoms with Gasteiger partial charge in [-0.1, -0.05) is 31.5 Å². The maximum atomic E-state index is 12.4. The highest BCUT2D eigenvalue weighted by molar-refractivity contribution is 5.91. The number of hydrogen-bond acceptors (Lipinski definition) is 1. The number of benzene rings is 1. The Labute approximate surface area is 145 Å². The summed E-state index contributed by atoms with van der Waals surface area (Å²) in [7, 11) is 0. The number of carbonyl (C=O) groups is 1. The van der Waals surface area contributed by atoms with E-state index >= 15 is 0 Å². The van der Waals surface area contributed by atoms with Gasteiger partial charge in [0.15, 0.2) is 12.4 Å². The Bertz CT molecular complexity index is 677. The molecule has 1 aromatic heterocycles. The second-order valence-electron chi connectivity index (χ2n) is 6.64. The predicted molar refractivity (Wildman–Crippen MR) is 99.2 cm³/mol. The smallest absolute Gasteiger partial charge is 0.290 e. The summed E-state index contributed by atoms with van der Waals surface area (Å²) < 4.78 is 1.93. The molecule has 3 heteroatoms. The van der Waals surface area contributed by atoms with E-state index in [1.165, 1.54) is 11.1 Å². The van der Waals surface area contributed by atoms with Crippen molar-refractivity contribution in [3.63, 3.8) is 0 Å². The lowest BCUT2D eigenvalue weighted by molar-refractivity contribution is -0.684. The Hall–Kier alpha value is -2.16. The van der Waals surface area contributed by atoms with Crippen LogP contribution in [0.3, 0.4) is 0 Å². The first kappa shape index (κ1) is 18.2. The van der Waals surface area contributed by atoms with Crippen LogP contribution < -0.4 is 9.88 Å². The molecule has 0 saturated heterocycles. The second kappa shape index (κ2) is 8.09. The zero-order valence-electron chi connectivity index (χ0n) is 15.5. The molecular weight excluding hydrogens is 296 g/mol. The Morgan fingerprint density at radius 3 is 2.08 bits per heavy atom. The third-order valence-electron chi connectivity index (χ3n) is 4.64. The van der Waals surface area contributed by atoms with Crippen molar-refractivity contribution in [3.8, 4) is 0 Å². The second-order valence-corrected chi connectivity index (χ2v) is 6.64. The molecule has 2 rings (SSSR count). The van der Waals surface area contributed by atoms with Gasteiger partial charge in [0.05, 0.1) is 0 Å². The highest BCUT2D eigenvalue weighted by Gasteiger charge is 2.14. The number of anilines is 1. The summed E-state index contributed by atoms with van der Waals surface area (Å²) in [5.41, 5.74) is 5.71. The van der Waals surface area contributed by atoms with Gasteiger partial charge in [-0.25, -0.2) is 0 Å².